The van der Waals surface area contributed by atoms with Gasteiger partial charge in [-0.05, 0) is 5.92 Å². The minimum atomic E-state index is -0.137. The number of nitrogens with zero attached hydrogens (tertiary/aromatic N) is 2. The first-order valence-corrected chi connectivity index (χ1v) is 6.08. The lowest BCUT2D eigenvalue weighted by Gasteiger charge is -1.99. The zero-order chi connectivity index (χ0) is 12.0. The second-order valence-corrected chi connectivity index (χ2v) is 4.55. The second kappa shape index (κ2) is 6.18. The molecule has 0 bridgehead atoms. The highest BCUT2D eigenvalue weighted by atomic mass is 32.2. The van der Waals surface area contributed by atoms with Gasteiger partial charge in [0.25, 0.3) is 0 Å². The third-order valence-electron chi connectivity index (χ3n) is 1.89. The predicted octanol–water partition coefficient (Wildman–Crippen LogP) is 1.73. The summed E-state index contributed by atoms with van der Waals surface area (Å²) in [7, 11) is 0. The molecule has 1 aromatic heterocycles. The highest BCUT2D eigenvalue weighted by Crippen LogP contribution is 2.14. The Morgan fingerprint density at radius 2 is 2.50 bits per heavy atom. The number of hydrogen-bond acceptors (Lipinski definition) is 4. The summed E-state index contributed by atoms with van der Waals surface area (Å²) >= 11 is 1.28. The van der Waals surface area contributed by atoms with Gasteiger partial charge in [0.1, 0.15) is 0 Å². The van der Waals surface area contributed by atoms with Crippen LogP contribution >= 0.6 is 11.8 Å². The van der Waals surface area contributed by atoms with E-state index in [0.29, 0.717) is 17.5 Å². The third kappa shape index (κ3) is 3.95. The van der Waals surface area contributed by atoms with E-state index in [0.717, 1.165) is 5.69 Å². The molecule has 1 amide bonds. The zero-order valence-corrected chi connectivity index (χ0v) is 10.1. The molecule has 16 heavy (non-hydrogen) atoms. The average Bonchev–Trinajstić information content (AvgIpc) is 2.66. The van der Waals surface area contributed by atoms with E-state index in [1.54, 1.807) is 0 Å². The van der Waals surface area contributed by atoms with Gasteiger partial charge in [-0.15, -0.1) is 11.8 Å². The molecule has 0 aliphatic heterocycles. The molecule has 0 saturated carbocycles. The highest BCUT2D eigenvalue weighted by molar-refractivity contribution is 8.00. The summed E-state index contributed by atoms with van der Waals surface area (Å²) in [6.07, 6.45) is 0. The molecule has 1 rings (SSSR count). The topological polar surface area (TPSA) is 81.6 Å². The lowest BCUT2D eigenvalue weighted by molar-refractivity contribution is -0.113. The fourth-order valence-corrected chi connectivity index (χ4v) is 1.52. The van der Waals surface area contributed by atoms with Gasteiger partial charge in [-0.25, -0.2) is 0 Å². The Kier molecular flexibility index (Phi) is 4.86. The summed E-state index contributed by atoms with van der Waals surface area (Å²) in [5, 5.41) is 17.8. The third-order valence-corrected chi connectivity index (χ3v) is 2.69. The predicted molar refractivity (Wildman–Crippen MR) is 64.2 cm³/mol. The van der Waals surface area contributed by atoms with Gasteiger partial charge in [-0.1, -0.05) is 13.8 Å². The maximum Gasteiger partial charge on any atom is 0.235 e. The van der Waals surface area contributed by atoms with Crippen molar-refractivity contribution in [2.24, 2.45) is 0 Å². The van der Waals surface area contributed by atoms with Gasteiger partial charge < -0.3 is 5.32 Å². The van der Waals surface area contributed by atoms with E-state index in [9.17, 15) is 4.79 Å². The first kappa shape index (κ1) is 12.6. The Bertz CT molecular complexity index is 394. The Labute approximate surface area is 98.6 Å². The maximum atomic E-state index is 11.4. The molecule has 0 aliphatic rings. The minimum absolute atomic E-state index is 0.137. The van der Waals surface area contributed by atoms with E-state index in [-0.39, 0.29) is 11.7 Å². The van der Waals surface area contributed by atoms with Gasteiger partial charge in [-0.2, -0.15) is 10.4 Å². The van der Waals surface area contributed by atoms with E-state index < -0.39 is 0 Å². The molecular weight excluding hydrogens is 224 g/mol. The van der Waals surface area contributed by atoms with Crippen molar-refractivity contribution in [1.29, 1.82) is 5.26 Å². The van der Waals surface area contributed by atoms with E-state index in [2.05, 4.69) is 15.5 Å². The summed E-state index contributed by atoms with van der Waals surface area (Å²) in [6, 6.07) is 3.78. The number of carbonyl (C=O) groups excluding carboxylic acids is 1. The Hall–Kier alpha value is -1.48. The second-order valence-electron chi connectivity index (χ2n) is 3.56. The number of nitriles is 1. The van der Waals surface area contributed by atoms with Gasteiger partial charge in [0, 0.05) is 11.8 Å². The molecule has 0 radical (unpaired) electrons. The van der Waals surface area contributed by atoms with Crippen molar-refractivity contribution in [2.75, 3.05) is 16.8 Å². The number of nitrogens with one attached hydrogen (secondary N) is 2. The lowest BCUT2D eigenvalue weighted by atomic mass is 10.1. The number of carbonyl (C=O) groups is 1. The quantitative estimate of drug-likeness (QED) is 0.765. The molecule has 0 fully saturated rings. The molecule has 2 N–H and O–H groups in total. The van der Waals surface area contributed by atoms with Crippen molar-refractivity contribution in [1.82, 2.24) is 10.2 Å². The summed E-state index contributed by atoms with van der Waals surface area (Å²) in [5.74, 6) is 1.35. The summed E-state index contributed by atoms with van der Waals surface area (Å²) in [4.78, 5) is 11.4. The first-order chi connectivity index (χ1) is 7.63. The van der Waals surface area contributed by atoms with Crippen LogP contribution in [-0.4, -0.2) is 27.6 Å². The monoisotopic (exact) mass is 238 g/mol. The SMILES string of the molecule is CC(C)c1cc(NC(=O)CSCC#N)n[nH]1. The number of rotatable bonds is 5. The standard InChI is InChI=1S/C10H14N4OS/c1-7(2)8-5-9(14-13-8)12-10(15)6-16-4-3-11/h5,7H,4,6H2,1-2H3,(H2,12,13,14,15). The van der Waals surface area contributed by atoms with Crippen molar-refractivity contribution in [3.8, 4) is 6.07 Å². The van der Waals surface area contributed by atoms with Crippen LogP contribution in [0.3, 0.4) is 0 Å². The largest absolute Gasteiger partial charge is 0.308 e. The maximum absolute atomic E-state index is 11.4. The van der Waals surface area contributed by atoms with E-state index in [1.807, 2.05) is 26.0 Å². The van der Waals surface area contributed by atoms with Crippen molar-refractivity contribution >= 4 is 23.5 Å². The van der Waals surface area contributed by atoms with Crippen LogP contribution in [0, 0.1) is 11.3 Å². The van der Waals surface area contributed by atoms with Gasteiger partial charge in [-0.3, -0.25) is 9.89 Å². The molecule has 6 heteroatoms. The minimum Gasteiger partial charge on any atom is -0.308 e. The molecular formula is C10H14N4OS. The van der Waals surface area contributed by atoms with Crippen LogP contribution in [0.2, 0.25) is 0 Å². The van der Waals surface area contributed by atoms with E-state index >= 15 is 0 Å². The van der Waals surface area contributed by atoms with Crippen molar-refractivity contribution in [2.45, 2.75) is 19.8 Å². The molecule has 0 aliphatic carbocycles. The highest BCUT2D eigenvalue weighted by Gasteiger charge is 2.07. The van der Waals surface area contributed by atoms with E-state index in [4.69, 9.17) is 5.26 Å². The molecule has 1 aromatic rings. The van der Waals surface area contributed by atoms with Gasteiger partial charge in [0.15, 0.2) is 5.82 Å². The number of amides is 1. The van der Waals surface area contributed by atoms with Gasteiger partial charge in [0.05, 0.1) is 17.6 Å². The smallest absolute Gasteiger partial charge is 0.235 e. The number of H-pyrrole nitrogens is 1. The first-order valence-electron chi connectivity index (χ1n) is 4.93. The van der Waals surface area contributed by atoms with Gasteiger partial charge in [0.2, 0.25) is 5.91 Å². The normalized spacial score (nSPS) is 10.1. The molecule has 86 valence electrons. The fourth-order valence-electron chi connectivity index (χ4n) is 1.06. The van der Waals surface area contributed by atoms with E-state index in [1.165, 1.54) is 11.8 Å². The van der Waals surface area contributed by atoms with Crippen LogP contribution < -0.4 is 5.32 Å². The summed E-state index contributed by atoms with van der Waals surface area (Å²) in [5.41, 5.74) is 0.986. The molecule has 1 heterocycles. The average molecular weight is 238 g/mol. The lowest BCUT2D eigenvalue weighted by Crippen LogP contribution is -2.14. The Morgan fingerprint density at radius 1 is 1.75 bits per heavy atom. The number of hydrogen-bond donors (Lipinski definition) is 2. The van der Waals surface area contributed by atoms with Gasteiger partial charge >= 0.3 is 0 Å². The van der Waals surface area contributed by atoms with Crippen molar-refractivity contribution < 1.29 is 4.79 Å². The molecule has 0 atom stereocenters. The van der Waals surface area contributed by atoms with Crippen LogP contribution in [-0.2, 0) is 4.79 Å². The Morgan fingerprint density at radius 3 is 3.06 bits per heavy atom. The van der Waals surface area contributed by atoms with Crippen molar-refractivity contribution in [3.63, 3.8) is 0 Å². The number of anilines is 1. The van der Waals surface area contributed by atoms with Crippen LogP contribution in [0.4, 0.5) is 5.82 Å². The van der Waals surface area contributed by atoms with Crippen molar-refractivity contribution in [3.05, 3.63) is 11.8 Å². The fraction of sp³-hybridized carbons (Fsp3) is 0.500. The number of aromatic nitrogens is 2. The molecule has 0 unspecified atom stereocenters. The van der Waals surface area contributed by atoms with Crippen LogP contribution in [0.1, 0.15) is 25.5 Å². The summed E-state index contributed by atoms with van der Waals surface area (Å²) in [6.45, 7) is 4.09. The zero-order valence-electron chi connectivity index (χ0n) is 9.28. The number of aromatic amines is 1. The summed E-state index contributed by atoms with van der Waals surface area (Å²) < 4.78 is 0. The van der Waals surface area contributed by atoms with Crippen LogP contribution in [0.25, 0.3) is 0 Å². The van der Waals surface area contributed by atoms with Crippen LogP contribution in [0.5, 0.6) is 0 Å². The molecule has 0 spiro atoms. The molecule has 5 nitrogen and oxygen atoms in total. The molecule has 0 saturated heterocycles. The molecule has 0 aromatic carbocycles. The Balaban J connectivity index is 2.41. The van der Waals surface area contributed by atoms with Crippen LogP contribution in [0.15, 0.2) is 6.07 Å². The number of thioether (sulfide) groups is 1.